The Morgan fingerprint density at radius 2 is 1.53 bits per heavy atom. The normalized spacial score (nSPS) is 15.0. The first kappa shape index (κ1) is 32.7. The predicted octanol–water partition coefficient (Wildman–Crippen LogP) is 7.39. The second-order valence-corrected chi connectivity index (χ2v) is 11.8. The molecule has 1 saturated heterocycles. The highest BCUT2D eigenvalue weighted by atomic mass is 35.5. The summed E-state index contributed by atoms with van der Waals surface area (Å²) in [6.07, 6.45) is 1.52. The number of hydrogen-bond donors (Lipinski definition) is 2. The fourth-order valence-corrected chi connectivity index (χ4v) is 5.88. The zero-order valence-electron chi connectivity index (χ0n) is 25.5. The third-order valence-corrected chi connectivity index (χ3v) is 8.42. The molecule has 9 heteroatoms. The molecule has 0 spiro atoms. The van der Waals surface area contributed by atoms with Gasteiger partial charge in [0.15, 0.2) is 0 Å². The van der Waals surface area contributed by atoms with E-state index in [0.29, 0.717) is 34.3 Å². The van der Waals surface area contributed by atoms with Crippen LogP contribution in [0.15, 0.2) is 66.7 Å². The zero-order valence-corrected chi connectivity index (χ0v) is 26.2. The Bertz CT molecular complexity index is 1610. The van der Waals surface area contributed by atoms with Crippen molar-refractivity contribution in [2.75, 3.05) is 26.2 Å². The van der Waals surface area contributed by atoms with Gasteiger partial charge in [0.2, 0.25) is 0 Å². The Labute approximate surface area is 267 Å². The van der Waals surface area contributed by atoms with Gasteiger partial charge in [-0.2, -0.15) is 0 Å². The van der Waals surface area contributed by atoms with Crippen molar-refractivity contribution in [1.82, 2.24) is 4.90 Å². The molecule has 5 rings (SSSR count). The molecule has 0 bridgehead atoms. The molecule has 4 aromatic carbocycles. The number of halogens is 3. The van der Waals surface area contributed by atoms with E-state index in [-0.39, 0.29) is 25.9 Å². The van der Waals surface area contributed by atoms with Gasteiger partial charge in [0.05, 0.1) is 24.3 Å². The molecular weight excluding hydrogens is 600 g/mol. The average Bonchev–Trinajstić information content (AvgIpc) is 3.43. The number of ether oxygens (including phenoxy) is 3. The van der Waals surface area contributed by atoms with E-state index in [1.54, 1.807) is 12.1 Å². The summed E-state index contributed by atoms with van der Waals surface area (Å²) in [4.78, 5) is 2.27. The minimum absolute atomic E-state index is 0.103. The van der Waals surface area contributed by atoms with Crippen LogP contribution in [0.3, 0.4) is 0 Å². The number of aliphatic hydroxyl groups excluding tert-OH is 2. The number of rotatable bonds is 13. The van der Waals surface area contributed by atoms with Crippen LogP contribution in [0.4, 0.5) is 8.78 Å². The molecule has 1 atom stereocenters. The van der Waals surface area contributed by atoms with E-state index in [9.17, 15) is 19.0 Å². The molecule has 1 aliphatic heterocycles. The maximum atomic E-state index is 13.6. The highest BCUT2D eigenvalue weighted by molar-refractivity contribution is 6.32. The van der Waals surface area contributed by atoms with Crippen LogP contribution >= 0.6 is 11.6 Å². The van der Waals surface area contributed by atoms with Crippen molar-refractivity contribution in [3.63, 3.8) is 0 Å². The summed E-state index contributed by atoms with van der Waals surface area (Å²) >= 11 is 6.49. The second kappa shape index (κ2) is 15.1. The number of likely N-dealkylation sites (tertiary alicyclic amines) is 1. The first-order chi connectivity index (χ1) is 21.7. The first-order valence-corrected chi connectivity index (χ1v) is 15.4. The first-order valence-electron chi connectivity index (χ1n) is 15.1. The van der Waals surface area contributed by atoms with E-state index >= 15 is 0 Å². The number of nitrogens with zero attached hydrogens (tertiary/aromatic N) is 1. The van der Waals surface area contributed by atoms with Gasteiger partial charge < -0.3 is 29.3 Å². The summed E-state index contributed by atoms with van der Waals surface area (Å²) in [7, 11) is 0. The van der Waals surface area contributed by atoms with Gasteiger partial charge in [-0.3, -0.25) is 0 Å². The molecule has 0 saturated carbocycles. The van der Waals surface area contributed by atoms with Crippen molar-refractivity contribution in [3.05, 3.63) is 111 Å². The molecule has 0 aromatic heterocycles. The number of aliphatic hydroxyl groups is 2. The summed E-state index contributed by atoms with van der Waals surface area (Å²) < 4.78 is 45.4. The molecule has 6 nitrogen and oxygen atoms in total. The van der Waals surface area contributed by atoms with E-state index in [0.717, 1.165) is 72.1 Å². The number of hydrogen-bond acceptors (Lipinski definition) is 6. The van der Waals surface area contributed by atoms with Gasteiger partial charge in [-0.05, 0) is 84.3 Å². The van der Waals surface area contributed by atoms with E-state index in [1.807, 2.05) is 24.3 Å². The smallest absolute Gasteiger partial charge is 0.142 e. The standard InChI is InChI=1S/C36H38ClF2NO5/c1-23-26(22-45-36-18-35(27(20-41)16-33(36)37)44-21-25-14-28(38)17-29(39)15-25)6-3-7-31(23)32-8-4-9-34(24(32)2)43-13-5-11-40-12-10-30(42)19-40/h3-4,6-9,14-18,30,41-42H,5,10-13,19-22H2,1-2H3. The lowest BCUT2D eigenvalue weighted by Gasteiger charge is -2.18. The highest BCUT2D eigenvalue weighted by Crippen LogP contribution is 2.36. The van der Waals surface area contributed by atoms with Gasteiger partial charge in [0, 0.05) is 37.3 Å². The maximum absolute atomic E-state index is 13.6. The Morgan fingerprint density at radius 3 is 2.24 bits per heavy atom. The molecule has 1 aliphatic rings. The van der Waals surface area contributed by atoms with Crippen LogP contribution in [-0.4, -0.2) is 47.5 Å². The zero-order chi connectivity index (χ0) is 31.9. The summed E-state index contributed by atoms with van der Waals surface area (Å²) in [6, 6.07) is 18.5. The molecule has 2 N–H and O–H groups in total. The van der Waals surface area contributed by atoms with Gasteiger partial charge in [0.1, 0.15) is 42.1 Å². The van der Waals surface area contributed by atoms with Crippen LogP contribution < -0.4 is 14.2 Å². The lowest BCUT2D eigenvalue weighted by atomic mass is 9.93. The van der Waals surface area contributed by atoms with Crippen molar-refractivity contribution < 1.29 is 33.2 Å². The van der Waals surface area contributed by atoms with Crippen molar-refractivity contribution in [1.29, 1.82) is 0 Å². The molecule has 0 radical (unpaired) electrons. The Morgan fingerprint density at radius 1 is 0.822 bits per heavy atom. The van der Waals surface area contributed by atoms with Crippen LogP contribution in [0.2, 0.25) is 5.02 Å². The van der Waals surface area contributed by atoms with Crippen LogP contribution in [0.5, 0.6) is 17.2 Å². The van der Waals surface area contributed by atoms with E-state index in [2.05, 4.69) is 30.9 Å². The van der Waals surface area contributed by atoms with E-state index in [4.69, 9.17) is 25.8 Å². The monoisotopic (exact) mass is 637 g/mol. The molecule has 1 fully saturated rings. The van der Waals surface area contributed by atoms with Gasteiger partial charge in [-0.25, -0.2) is 8.78 Å². The van der Waals surface area contributed by atoms with Gasteiger partial charge in [-0.15, -0.1) is 0 Å². The Hall–Kier alpha value is -3.69. The molecule has 1 unspecified atom stereocenters. The summed E-state index contributed by atoms with van der Waals surface area (Å²) in [5.74, 6) is 0.113. The second-order valence-electron chi connectivity index (χ2n) is 11.4. The fourth-order valence-electron chi connectivity index (χ4n) is 5.64. The molecule has 1 heterocycles. The van der Waals surface area contributed by atoms with Crippen molar-refractivity contribution in [3.8, 4) is 28.4 Å². The van der Waals surface area contributed by atoms with Gasteiger partial charge >= 0.3 is 0 Å². The van der Waals surface area contributed by atoms with Crippen molar-refractivity contribution in [2.45, 2.75) is 52.6 Å². The SMILES string of the molecule is Cc1c(COc2cc(OCc3cc(F)cc(F)c3)c(CO)cc2Cl)cccc1-c1cccc(OCCCN2CCC(O)C2)c1C. The molecule has 4 aromatic rings. The topological polar surface area (TPSA) is 71.4 Å². The van der Waals surface area contributed by atoms with Gasteiger partial charge in [-0.1, -0.05) is 41.9 Å². The Balaban J connectivity index is 1.26. The summed E-state index contributed by atoms with van der Waals surface area (Å²) in [6.45, 7) is 7.08. The highest BCUT2D eigenvalue weighted by Gasteiger charge is 2.19. The minimum Gasteiger partial charge on any atom is -0.493 e. The van der Waals surface area contributed by atoms with Crippen LogP contribution in [0.1, 0.15) is 40.7 Å². The maximum Gasteiger partial charge on any atom is 0.142 e. The minimum atomic E-state index is -0.696. The summed E-state index contributed by atoms with van der Waals surface area (Å²) in [5, 5.41) is 19.9. The molecule has 0 aliphatic carbocycles. The lowest BCUT2D eigenvalue weighted by Crippen LogP contribution is -2.24. The Kier molecular flexibility index (Phi) is 10.9. The van der Waals surface area contributed by atoms with Crippen LogP contribution in [0, 0.1) is 25.5 Å². The van der Waals surface area contributed by atoms with Crippen molar-refractivity contribution in [2.24, 2.45) is 0 Å². The van der Waals surface area contributed by atoms with Crippen LogP contribution in [0.25, 0.3) is 11.1 Å². The lowest BCUT2D eigenvalue weighted by molar-refractivity contribution is 0.173. The quantitative estimate of drug-likeness (QED) is 0.149. The molecular formula is C36H38ClF2NO5. The number of benzene rings is 4. The molecule has 0 amide bonds. The van der Waals surface area contributed by atoms with E-state index < -0.39 is 11.6 Å². The predicted molar refractivity (Wildman–Crippen MR) is 171 cm³/mol. The molecule has 238 valence electrons. The molecule has 45 heavy (non-hydrogen) atoms. The fraction of sp³-hybridized carbons (Fsp3) is 0.333. The average molecular weight is 638 g/mol. The third-order valence-electron chi connectivity index (χ3n) is 8.13. The largest absolute Gasteiger partial charge is 0.493 e. The third kappa shape index (κ3) is 8.32. The van der Waals surface area contributed by atoms with Crippen molar-refractivity contribution >= 4 is 11.6 Å². The van der Waals surface area contributed by atoms with Crippen LogP contribution in [-0.2, 0) is 19.8 Å². The number of β-amino-alcohol motifs (C(OH)–C–C–N with tert-alkyl or cyclic N) is 1. The summed E-state index contributed by atoms with van der Waals surface area (Å²) in [5.41, 5.74) is 5.95. The van der Waals surface area contributed by atoms with E-state index in [1.165, 1.54) is 12.1 Å². The van der Waals surface area contributed by atoms with Gasteiger partial charge in [0.25, 0.3) is 0 Å².